The second-order valence-electron chi connectivity index (χ2n) is 7.74. The molecule has 1 saturated heterocycles. The smallest absolute Gasteiger partial charge is 0.271 e. The van der Waals surface area contributed by atoms with Crippen LogP contribution >= 0.6 is 11.8 Å². The molecule has 0 bridgehead atoms. The maximum atomic E-state index is 13.5. The summed E-state index contributed by atoms with van der Waals surface area (Å²) in [6.45, 7) is 2.22. The molecule has 2 aliphatic rings. The summed E-state index contributed by atoms with van der Waals surface area (Å²) in [4.78, 5) is 16.6. The molecule has 1 fully saturated rings. The second-order valence-corrected chi connectivity index (χ2v) is 9.22. The molecule has 5 rings (SSSR count). The summed E-state index contributed by atoms with van der Waals surface area (Å²) >= 11 is 1.82. The van der Waals surface area contributed by atoms with Gasteiger partial charge in [0.25, 0.3) is 5.91 Å². The summed E-state index contributed by atoms with van der Waals surface area (Å²) in [6.07, 6.45) is 0.213. The van der Waals surface area contributed by atoms with Gasteiger partial charge in [-0.15, -0.1) is 11.8 Å². The van der Waals surface area contributed by atoms with Crippen LogP contribution in [0.15, 0.2) is 83.8 Å². The summed E-state index contributed by atoms with van der Waals surface area (Å²) in [5.74, 6) is 1.50. The van der Waals surface area contributed by atoms with Gasteiger partial charge in [0, 0.05) is 10.1 Å². The van der Waals surface area contributed by atoms with Crippen LogP contribution in [-0.4, -0.2) is 24.4 Å². The Morgan fingerprint density at radius 1 is 0.933 bits per heavy atom. The number of carbonyl (C=O) groups is 1. The van der Waals surface area contributed by atoms with Crippen molar-refractivity contribution in [1.82, 2.24) is 0 Å². The summed E-state index contributed by atoms with van der Waals surface area (Å²) < 4.78 is 11.7. The van der Waals surface area contributed by atoms with E-state index < -0.39 is 11.6 Å². The van der Waals surface area contributed by atoms with Gasteiger partial charge >= 0.3 is 0 Å². The quantitative estimate of drug-likeness (QED) is 0.542. The summed E-state index contributed by atoms with van der Waals surface area (Å²) in [6, 6.07) is 25.8. The number of methoxy groups -OCH3 is 1. The molecule has 4 nitrogen and oxygen atoms in total. The second kappa shape index (κ2) is 7.40. The molecular weight excluding hydrogens is 394 g/mol. The molecule has 30 heavy (non-hydrogen) atoms. The number of hydrogen-bond acceptors (Lipinski definition) is 4. The third-order valence-electron chi connectivity index (χ3n) is 5.90. The van der Waals surface area contributed by atoms with Crippen molar-refractivity contribution < 1.29 is 14.3 Å². The minimum absolute atomic E-state index is 0.00294. The van der Waals surface area contributed by atoms with Crippen molar-refractivity contribution in [2.24, 2.45) is 0 Å². The summed E-state index contributed by atoms with van der Waals surface area (Å²) in [7, 11) is 1.66. The highest BCUT2D eigenvalue weighted by atomic mass is 32.2. The number of ether oxygens (including phenoxy) is 2. The molecule has 0 N–H and O–H groups in total. The van der Waals surface area contributed by atoms with Gasteiger partial charge in [0.2, 0.25) is 6.10 Å². The van der Waals surface area contributed by atoms with Gasteiger partial charge < -0.3 is 9.47 Å². The van der Waals surface area contributed by atoms with Crippen molar-refractivity contribution >= 4 is 23.4 Å². The highest BCUT2D eigenvalue weighted by Crippen LogP contribution is 2.55. The fourth-order valence-electron chi connectivity index (χ4n) is 4.60. The molecule has 2 heterocycles. The molecule has 3 atom stereocenters. The fourth-order valence-corrected chi connectivity index (χ4v) is 5.81. The topological polar surface area (TPSA) is 38.8 Å². The van der Waals surface area contributed by atoms with E-state index in [4.69, 9.17) is 9.47 Å². The van der Waals surface area contributed by atoms with E-state index in [1.807, 2.05) is 77.3 Å². The van der Waals surface area contributed by atoms with E-state index in [1.54, 1.807) is 7.11 Å². The van der Waals surface area contributed by atoms with Crippen molar-refractivity contribution in [1.29, 1.82) is 0 Å². The number of β-lactam (4-membered cyclic amide) rings is 1. The van der Waals surface area contributed by atoms with Crippen LogP contribution in [0.3, 0.4) is 0 Å². The minimum Gasteiger partial charge on any atom is -0.497 e. The number of anilines is 1. The van der Waals surface area contributed by atoms with Crippen LogP contribution in [-0.2, 0) is 10.3 Å². The summed E-state index contributed by atoms with van der Waals surface area (Å²) in [5, 5.41) is 0.313. The Morgan fingerprint density at radius 3 is 2.37 bits per heavy atom. The van der Waals surface area contributed by atoms with E-state index >= 15 is 0 Å². The lowest BCUT2D eigenvalue weighted by atomic mass is 9.71. The van der Waals surface area contributed by atoms with Gasteiger partial charge in [-0.3, -0.25) is 9.69 Å². The van der Waals surface area contributed by atoms with Gasteiger partial charge in [0.1, 0.15) is 17.0 Å². The highest BCUT2D eigenvalue weighted by Gasteiger charge is 2.65. The number of para-hydroxylation sites is 2. The number of thioether (sulfide) groups is 1. The predicted molar refractivity (Wildman–Crippen MR) is 119 cm³/mol. The first-order chi connectivity index (χ1) is 14.6. The van der Waals surface area contributed by atoms with Crippen molar-refractivity contribution in [2.75, 3.05) is 12.0 Å². The Kier molecular flexibility index (Phi) is 4.70. The lowest BCUT2D eigenvalue weighted by Gasteiger charge is -2.56. The molecule has 152 valence electrons. The number of hydrogen-bond donors (Lipinski definition) is 0. The van der Waals surface area contributed by atoms with Crippen LogP contribution in [0.5, 0.6) is 11.5 Å². The van der Waals surface area contributed by atoms with Crippen LogP contribution in [0, 0.1) is 0 Å². The van der Waals surface area contributed by atoms with Crippen LogP contribution in [0.4, 0.5) is 5.69 Å². The molecular formula is C25H23NO3S. The number of nitrogens with zero attached hydrogens (tertiary/aromatic N) is 1. The lowest BCUT2D eigenvalue weighted by molar-refractivity contribution is -0.142. The molecule has 5 heteroatoms. The molecule has 0 saturated carbocycles. The summed E-state index contributed by atoms with van der Waals surface area (Å²) in [5.41, 5.74) is 1.45. The molecule has 3 aromatic carbocycles. The van der Waals surface area contributed by atoms with E-state index in [-0.39, 0.29) is 5.91 Å². The number of fused-ring (bicyclic) bond motifs is 3. The zero-order valence-corrected chi connectivity index (χ0v) is 17.8. The number of carbonyl (C=O) groups excluding carboxylic acids is 1. The molecule has 1 amide bonds. The fraction of sp³-hybridized carbons (Fsp3) is 0.240. The van der Waals surface area contributed by atoms with Gasteiger partial charge in [-0.25, -0.2) is 0 Å². The molecule has 2 aliphatic heterocycles. The molecule has 0 unspecified atom stereocenters. The minimum atomic E-state index is -0.581. The third kappa shape index (κ3) is 2.88. The average Bonchev–Trinajstić information content (AvgIpc) is 2.90. The monoisotopic (exact) mass is 417 g/mol. The van der Waals surface area contributed by atoms with E-state index in [2.05, 4.69) is 25.1 Å². The Bertz CT molecular complexity index is 1070. The van der Waals surface area contributed by atoms with E-state index in [1.165, 1.54) is 0 Å². The van der Waals surface area contributed by atoms with E-state index in [9.17, 15) is 4.79 Å². The normalized spacial score (nSPS) is 24.9. The SMILES string of the molecule is COc1ccc([C@]23C[C@H](C)Sc4ccccc4N2C(=O)[C@@H]3Oc2ccccc2)cc1. The van der Waals surface area contributed by atoms with Gasteiger partial charge in [-0.2, -0.15) is 0 Å². The molecule has 3 aromatic rings. The van der Waals surface area contributed by atoms with Crippen molar-refractivity contribution in [3.63, 3.8) is 0 Å². The van der Waals surface area contributed by atoms with Gasteiger partial charge in [0.15, 0.2) is 0 Å². The highest BCUT2D eigenvalue weighted by molar-refractivity contribution is 8.00. The average molecular weight is 418 g/mol. The number of amides is 1. The largest absolute Gasteiger partial charge is 0.497 e. The van der Waals surface area contributed by atoms with Gasteiger partial charge in [0.05, 0.1) is 12.8 Å². The van der Waals surface area contributed by atoms with Crippen LogP contribution in [0.25, 0.3) is 0 Å². The number of benzene rings is 3. The third-order valence-corrected chi connectivity index (χ3v) is 7.07. The maximum absolute atomic E-state index is 13.5. The Balaban J connectivity index is 1.66. The van der Waals surface area contributed by atoms with Crippen molar-refractivity contribution in [2.45, 2.75) is 35.1 Å². The number of rotatable bonds is 4. The predicted octanol–water partition coefficient (Wildman–Crippen LogP) is 5.27. The first kappa shape index (κ1) is 19.1. The molecule has 0 radical (unpaired) electrons. The van der Waals surface area contributed by atoms with Gasteiger partial charge in [-0.05, 0) is 48.4 Å². The first-order valence-electron chi connectivity index (χ1n) is 10.1. The molecule has 0 aromatic heterocycles. The first-order valence-corrected chi connectivity index (χ1v) is 11.0. The zero-order valence-electron chi connectivity index (χ0n) is 16.9. The van der Waals surface area contributed by atoms with Gasteiger partial charge in [-0.1, -0.05) is 49.4 Å². The maximum Gasteiger partial charge on any atom is 0.271 e. The van der Waals surface area contributed by atoms with E-state index in [0.717, 1.165) is 28.3 Å². The van der Waals surface area contributed by atoms with Crippen LogP contribution in [0.1, 0.15) is 18.9 Å². The Labute approximate surface area is 180 Å². The Morgan fingerprint density at radius 2 is 1.63 bits per heavy atom. The van der Waals surface area contributed by atoms with Crippen LogP contribution < -0.4 is 14.4 Å². The van der Waals surface area contributed by atoms with Crippen molar-refractivity contribution in [3.8, 4) is 11.5 Å². The molecule has 0 aliphatic carbocycles. The van der Waals surface area contributed by atoms with Crippen LogP contribution in [0.2, 0.25) is 0 Å². The molecule has 0 spiro atoms. The zero-order chi connectivity index (χ0) is 20.7. The van der Waals surface area contributed by atoms with Crippen molar-refractivity contribution in [3.05, 3.63) is 84.4 Å². The Hall–Kier alpha value is -2.92. The van der Waals surface area contributed by atoms with E-state index in [0.29, 0.717) is 11.0 Å². The standard InChI is InChI=1S/C25H23NO3S/c1-17-16-25(18-12-14-19(28-2)15-13-18)23(29-20-8-4-3-5-9-20)24(27)26(25)21-10-6-7-11-22(21)30-17/h3-15,17,23H,16H2,1-2H3/t17-,23-,25-/m0/s1. The lowest BCUT2D eigenvalue weighted by Crippen LogP contribution is -2.74.